The Balaban J connectivity index is 2.13. The smallest absolute Gasteiger partial charge is 0.0738 e. The number of hydrogen-bond donors (Lipinski definition) is 1. The number of nitrogens with zero attached hydrogens (tertiary/aromatic N) is 2. The molecule has 0 aliphatic carbocycles. The Bertz CT molecular complexity index is 587. The molecule has 1 N–H and O–H groups in total. The predicted octanol–water partition coefficient (Wildman–Crippen LogP) is 3.42. The number of aromatic nitrogens is 2. The summed E-state index contributed by atoms with van der Waals surface area (Å²) in [6.45, 7) is 5.18. The fourth-order valence-electron chi connectivity index (χ4n) is 2.74. The largest absolute Gasteiger partial charge is 0.319 e. The van der Waals surface area contributed by atoms with Crippen LogP contribution in [0.3, 0.4) is 0 Å². The molecule has 1 aromatic carbocycles. The Kier molecular flexibility index (Phi) is 5.59. The molecular formula is C17H24BrN3. The standard InChI is InChI=1S/C17H24BrN3/c1-12-5-7-14(8-6-12)9-15(11-19-3)10-16-17(18)13(2)20-21(16)4/h5-8,15,19H,9-11H2,1-4H3. The van der Waals surface area contributed by atoms with E-state index < -0.39 is 0 Å². The normalized spacial score (nSPS) is 12.6. The third-order valence-corrected chi connectivity index (χ3v) is 4.91. The van der Waals surface area contributed by atoms with Crippen LogP contribution in [-0.2, 0) is 19.9 Å². The third-order valence-electron chi connectivity index (χ3n) is 3.88. The molecule has 114 valence electrons. The van der Waals surface area contributed by atoms with Gasteiger partial charge in [-0.2, -0.15) is 5.10 Å². The molecular weight excluding hydrogens is 326 g/mol. The van der Waals surface area contributed by atoms with Gasteiger partial charge in [0, 0.05) is 7.05 Å². The van der Waals surface area contributed by atoms with Crippen molar-refractivity contribution in [3.63, 3.8) is 0 Å². The molecule has 1 aromatic heterocycles. The van der Waals surface area contributed by atoms with Crippen LogP contribution >= 0.6 is 15.9 Å². The predicted molar refractivity (Wildman–Crippen MR) is 91.6 cm³/mol. The lowest BCUT2D eigenvalue weighted by atomic mass is 9.94. The molecule has 0 spiro atoms. The van der Waals surface area contributed by atoms with Gasteiger partial charge in [-0.15, -0.1) is 0 Å². The highest BCUT2D eigenvalue weighted by Crippen LogP contribution is 2.24. The van der Waals surface area contributed by atoms with E-state index in [4.69, 9.17) is 0 Å². The van der Waals surface area contributed by atoms with Gasteiger partial charge in [0.15, 0.2) is 0 Å². The first-order valence-corrected chi connectivity index (χ1v) is 8.18. The quantitative estimate of drug-likeness (QED) is 0.865. The average Bonchev–Trinajstić information content (AvgIpc) is 2.68. The van der Waals surface area contributed by atoms with Crippen molar-refractivity contribution in [3.05, 3.63) is 51.3 Å². The van der Waals surface area contributed by atoms with E-state index in [-0.39, 0.29) is 0 Å². The molecule has 0 bridgehead atoms. The van der Waals surface area contributed by atoms with Crippen LogP contribution in [0.1, 0.15) is 22.5 Å². The number of halogens is 1. The van der Waals surface area contributed by atoms with Crippen molar-refractivity contribution in [3.8, 4) is 0 Å². The topological polar surface area (TPSA) is 29.9 Å². The fourth-order valence-corrected chi connectivity index (χ4v) is 3.24. The van der Waals surface area contributed by atoms with Crippen LogP contribution in [0.4, 0.5) is 0 Å². The summed E-state index contributed by atoms with van der Waals surface area (Å²) < 4.78 is 3.15. The van der Waals surface area contributed by atoms with Crippen molar-refractivity contribution in [2.24, 2.45) is 13.0 Å². The molecule has 2 rings (SSSR count). The SMILES string of the molecule is CNCC(Cc1ccc(C)cc1)Cc1c(Br)c(C)nn1C. The molecule has 0 fully saturated rings. The van der Waals surface area contributed by atoms with Crippen molar-refractivity contribution in [1.29, 1.82) is 0 Å². The first kappa shape index (κ1) is 16.2. The summed E-state index contributed by atoms with van der Waals surface area (Å²) in [5.41, 5.74) is 5.05. The van der Waals surface area contributed by atoms with Crippen molar-refractivity contribution >= 4 is 15.9 Å². The second-order valence-electron chi connectivity index (χ2n) is 5.79. The van der Waals surface area contributed by atoms with E-state index in [1.54, 1.807) is 0 Å². The minimum Gasteiger partial charge on any atom is -0.319 e. The number of nitrogens with one attached hydrogen (secondary N) is 1. The van der Waals surface area contributed by atoms with Crippen LogP contribution in [0.5, 0.6) is 0 Å². The van der Waals surface area contributed by atoms with Crippen molar-refractivity contribution < 1.29 is 0 Å². The number of rotatable bonds is 6. The van der Waals surface area contributed by atoms with E-state index in [0.29, 0.717) is 5.92 Å². The summed E-state index contributed by atoms with van der Waals surface area (Å²) in [4.78, 5) is 0. The van der Waals surface area contributed by atoms with Crippen molar-refractivity contribution in [1.82, 2.24) is 15.1 Å². The number of aryl methyl sites for hydroxylation is 3. The Morgan fingerprint density at radius 1 is 1.19 bits per heavy atom. The van der Waals surface area contributed by atoms with Gasteiger partial charge in [0.05, 0.1) is 15.9 Å². The minimum absolute atomic E-state index is 0.559. The average molecular weight is 350 g/mol. The highest BCUT2D eigenvalue weighted by atomic mass is 79.9. The van der Waals surface area contributed by atoms with E-state index in [1.807, 2.05) is 25.7 Å². The molecule has 0 radical (unpaired) electrons. The van der Waals surface area contributed by atoms with Crippen LogP contribution < -0.4 is 5.32 Å². The second kappa shape index (κ2) is 7.23. The van der Waals surface area contributed by atoms with Crippen LogP contribution in [0, 0.1) is 19.8 Å². The van der Waals surface area contributed by atoms with Crippen LogP contribution in [0.2, 0.25) is 0 Å². The molecule has 2 aromatic rings. The summed E-state index contributed by atoms with van der Waals surface area (Å²) in [6, 6.07) is 8.86. The summed E-state index contributed by atoms with van der Waals surface area (Å²) in [7, 11) is 4.04. The van der Waals surface area contributed by atoms with Crippen LogP contribution in [0.25, 0.3) is 0 Å². The Hall–Kier alpha value is -1.13. The first-order chi connectivity index (χ1) is 10.0. The van der Waals surface area contributed by atoms with Gasteiger partial charge >= 0.3 is 0 Å². The van der Waals surface area contributed by atoms with E-state index in [2.05, 4.69) is 57.5 Å². The summed E-state index contributed by atoms with van der Waals surface area (Å²) in [5.74, 6) is 0.559. The number of hydrogen-bond acceptors (Lipinski definition) is 2. The Morgan fingerprint density at radius 2 is 1.86 bits per heavy atom. The Labute approximate surface area is 135 Å². The van der Waals surface area contributed by atoms with Crippen LogP contribution in [-0.4, -0.2) is 23.4 Å². The molecule has 3 nitrogen and oxygen atoms in total. The maximum absolute atomic E-state index is 4.49. The molecule has 21 heavy (non-hydrogen) atoms. The molecule has 0 amide bonds. The third kappa shape index (κ3) is 4.17. The first-order valence-electron chi connectivity index (χ1n) is 7.39. The van der Waals surface area contributed by atoms with Gasteiger partial charge in [0.2, 0.25) is 0 Å². The van der Waals surface area contributed by atoms with Gasteiger partial charge in [-0.05, 0) is 67.7 Å². The van der Waals surface area contributed by atoms with E-state index >= 15 is 0 Å². The van der Waals surface area contributed by atoms with Gasteiger partial charge in [-0.3, -0.25) is 4.68 Å². The maximum Gasteiger partial charge on any atom is 0.0738 e. The molecule has 0 saturated heterocycles. The molecule has 0 aliphatic rings. The monoisotopic (exact) mass is 349 g/mol. The fraction of sp³-hybridized carbons (Fsp3) is 0.471. The molecule has 0 saturated carbocycles. The maximum atomic E-state index is 4.49. The summed E-state index contributed by atoms with van der Waals surface area (Å²) in [6.07, 6.45) is 2.10. The van der Waals surface area contributed by atoms with Gasteiger partial charge in [0.25, 0.3) is 0 Å². The minimum atomic E-state index is 0.559. The lowest BCUT2D eigenvalue weighted by molar-refractivity contribution is 0.476. The van der Waals surface area contributed by atoms with E-state index in [0.717, 1.165) is 29.6 Å². The zero-order chi connectivity index (χ0) is 15.4. The van der Waals surface area contributed by atoms with Gasteiger partial charge in [-0.1, -0.05) is 29.8 Å². The Morgan fingerprint density at radius 3 is 2.38 bits per heavy atom. The molecule has 4 heteroatoms. The number of benzene rings is 1. The molecule has 1 atom stereocenters. The molecule has 1 heterocycles. The zero-order valence-corrected chi connectivity index (χ0v) is 14.9. The van der Waals surface area contributed by atoms with Gasteiger partial charge in [-0.25, -0.2) is 0 Å². The second-order valence-corrected chi connectivity index (χ2v) is 6.58. The van der Waals surface area contributed by atoms with Gasteiger partial charge in [0.1, 0.15) is 0 Å². The highest BCUT2D eigenvalue weighted by Gasteiger charge is 2.17. The molecule has 0 aliphatic heterocycles. The van der Waals surface area contributed by atoms with E-state index in [1.165, 1.54) is 16.8 Å². The highest BCUT2D eigenvalue weighted by molar-refractivity contribution is 9.10. The van der Waals surface area contributed by atoms with Gasteiger partial charge < -0.3 is 5.32 Å². The molecule has 1 unspecified atom stereocenters. The van der Waals surface area contributed by atoms with Crippen molar-refractivity contribution in [2.75, 3.05) is 13.6 Å². The van der Waals surface area contributed by atoms with E-state index in [9.17, 15) is 0 Å². The summed E-state index contributed by atoms with van der Waals surface area (Å²) >= 11 is 3.67. The summed E-state index contributed by atoms with van der Waals surface area (Å²) in [5, 5.41) is 7.81. The lowest BCUT2D eigenvalue weighted by Gasteiger charge is -2.17. The lowest BCUT2D eigenvalue weighted by Crippen LogP contribution is -2.23. The zero-order valence-electron chi connectivity index (χ0n) is 13.3. The van der Waals surface area contributed by atoms with Crippen molar-refractivity contribution in [2.45, 2.75) is 26.7 Å². The van der Waals surface area contributed by atoms with Crippen LogP contribution in [0.15, 0.2) is 28.7 Å².